The van der Waals surface area contributed by atoms with Crippen LogP contribution in [0.15, 0.2) is 36.7 Å². The summed E-state index contributed by atoms with van der Waals surface area (Å²) in [4.78, 5) is 4.22. The molecule has 0 radical (unpaired) electrons. The SMILES string of the molecule is CC(C)(CNCc1cncc2ccccc12)S(C)(=O)=O. The molecule has 0 spiro atoms. The van der Waals surface area contributed by atoms with Crippen molar-refractivity contribution in [2.45, 2.75) is 25.1 Å². The number of rotatable bonds is 5. The predicted octanol–water partition coefficient (Wildman–Crippen LogP) is 2.15. The van der Waals surface area contributed by atoms with Crippen molar-refractivity contribution in [2.24, 2.45) is 0 Å². The quantitative estimate of drug-likeness (QED) is 0.917. The first kappa shape index (κ1) is 14.9. The third-order valence-corrected chi connectivity index (χ3v) is 5.77. The van der Waals surface area contributed by atoms with Crippen LogP contribution in [0.1, 0.15) is 19.4 Å². The number of benzene rings is 1. The van der Waals surface area contributed by atoms with Crippen LogP contribution in [-0.4, -0.2) is 30.9 Å². The molecule has 2 aromatic rings. The van der Waals surface area contributed by atoms with Crippen molar-refractivity contribution in [2.75, 3.05) is 12.8 Å². The van der Waals surface area contributed by atoms with Crippen molar-refractivity contribution in [3.8, 4) is 0 Å². The zero-order valence-electron chi connectivity index (χ0n) is 12.1. The number of hydrogen-bond donors (Lipinski definition) is 1. The summed E-state index contributed by atoms with van der Waals surface area (Å²) >= 11 is 0. The lowest BCUT2D eigenvalue weighted by Gasteiger charge is -2.23. The Bertz CT molecular complexity index is 703. The number of fused-ring (bicyclic) bond motifs is 1. The van der Waals surface area contributed by atoms with Crippen molar-refractivity contribution in [1.29, 1.82) is 0 Å². The molecule has 0 unspecified atom stereocenters. The topological polar surface area (TPSA) is 59.1 Å². The minimum Gasteiger partial charge on any atom is -0.311 e. The van der Waals surface area contributed by atoms with Gasteiger partial charge in [0.1, 0.15) is 0 Å². The third kappa shape index (κ3) is 3.16. The normalized spacial score (nSPS) is 12.8. The van der Waals surface area contributed by atoms with Crippen LogP contribution >= 0.6 is 0 Å². The molecule has 1 aromatic heterocycles. The van der Waals surface area contributed by atoms with Crippen molar-refractivity contribution in [3.63, 3.8) is 0 Å². The van der Waals surface area contributed by atoms with Gasteiger partial charge in [-0.1, -0.05) is 24.3 Å². The standard InChI is InChI=1S/C15H20N2O2S/c1-15(2,20(3,18)19)11-17-10-13-9-16-8-12-6-4-5-7-14(12)13/h4-9,17H,10-11H2,1-3H3. The molecule has 1 heterocycles. The number of nitrogens with one attached hydrogen (secondary N) is 1. The number of aromatic nitrogens is 1. The van der Waals surface area contributed by atoms with E-state index in [1.54, 1.807) is 13.8 Å². The van der Waals surface area contributed by atoms with Gasteiger partial charge in [0.2, 0.25) is 0 Å². The van der Waals surface area contributed by atoms with Gasteiger partial charge in [0.25, 0.3) is 0 Å². The summed E-state index contributed by atoms with van der Waals surface area (Å²) in [6.45, 7) is 4.48. The largest absolute Gasteiger partial charge is 0.311 e. The Kier molecular flexibility index (Phi) is 4.11. The fourth-order valence-electron chi connectivity index (χ4n) is 1.95. The van der Waals surface area contributed by atoms with Gasteiger partial charge in [0.15, 0.2) is 9.84 Å². The minimum atomic E-state index is -3.08. The van der Waals surface area contributed by atoms with Crippen LogP contribution in [0.3, 0.4) is 0 Å². The lowest BCUT2D eigenvalue weighted by molar-refractivity contribution is 0.522. The Morgan fingerprint density at radius 2 is 1.90 bits per heavy atom. The van der Waals surface area contributed by atoms with Crippen molar-refractivity contribution >= 4 is 20.6 Å². The lowest BCUT2D eigenvalue weighted by atomic mass is 10.1. The number of nitrogens with zero attached hydrogens (tertiary/aromatic N) is 1. The van der Waals surface area contributed by atoms with E-state index in [-0.39, 0.29) is 0 Å². The Labute approximate surface area is 120 Å². The van der Waals surface area contributed by atoms with Gasteiger partial charge in [-0.3, -0.25) is 4.98 Å². The summed E-state index contributed by atoms with van der Waals surface area (Å²) in [7, 11) is -3.08. The molecule has 20 heavy (non-hydrogen) atoms. The second kappa shape index (κ2) is 5.50. The van der Waals surface area contributed by atoms with Gasteiger partial charge in [0, 0.05) is 37.1 Å². The molecule has 0 saturated carbocycles. The van der Waals surface area contributed by atoms with Crippen molar-refractivity contribution in [3.05, 3.63) is 42.2 Å². The molecule has 0 aliphatic heterocycles. The minimum absolute atomic E-state index is 0.412. The first-order chi connectivity index (χ1) is 9.31. The Hall–Kier alpha value is -1.46. The van der Waals surface area contributed by atoms with E-state index in [9.17, 15) is 8.42 Å². The molecule has 0 bridgehead atoms. The first-order valence-electron chi connectivity index (χ1n) is 6.53. The highest BCUT2D eigenvalue weighted by Crippen LogP contribution is 2.18. The molecular weight excluding hydrogens is 272 g/mol. The van der Waals surface area contributed by atoms with E-state index in [0.29, 0.717) is 13.1 Å². The van der Waals surface area contributed by atoms with Crippen LogP contribution in [0.25, 0.3) is 10.8 Å². The summed E-state index contributed by atoms with van der Waals surface area (Å²) in [6.07, 6.45) is 4.93. The molecule has 0 amide bonds. The molecule has 0 saturated heterocycles. The molecular formula is C15H20N2O2S. The maximum atomic E-state index is 11.7. The second-order valence-electron chi connectivity index (χ2n) is 5.66. The van der Waals surface area contributed by atoms with E-state index in [4.69, 9.17) is 0 Å². The average molecular weight is 292 g/mol. The van der Waals surface area contributed by atoms with E-state index in [0.717, 1.165) is 16.3 Å². The fourth-order valence-corrected chi connectivity index (χ4v) is 2.31. The molecule has 108 valence electrons. The van der Waals surface area contributed by atoms with E-state index in [1.807, 2.05) is 30.6 Å². The van der Waals surface area contributed by atoms with Gasteiger partial charge in [0.05, 0.1) is 4.75 Å². The van der Waals surface area contributed by atoms with Crippen LogP contribution in [0.2, 0.25) is 0 Å². The highest BCUT2D eigenvalue weighted by molar-refractivity contribution is 7.92. The molecule has 0 aliphatic rings. The second-order valence-corrected chi connectivity index (χ2v) is 8.30. The Morgan fingerprint density at radius 1 is 1.20 bits per heavy atom. The van der Waals surface area contributed by atoms with E-state index in [1.165, 1.54) is 6.26 Å². The van der Waals surface area contributed by atoms with E-state index in [2.05, 4.69) is 16.4 Å². The highest BCUT2D eigenvalue weighted by Gasteiger charge is 2.29. The average Bonchev–Trinajstić information content (AvgIpc) is 2.37. The van der Waals surface area contributed by atoms with Crippen LogP contribution < -0.4 is 5.32 Å². The van der Waals surface area contributed by atoms with Crippen LogP contribution in [-0.2, 0) is 16.4 Å². The maximum Gasteiger partial charge on any atom is 0.153 e. The van der Waals surface area contributed by atoms with Gasteiger partial charge in [-0.2, -0.15) is 0 Å². The third-order valence-electron chi connectivity index (χ3n) is 3.62. The van der Waals surface area contributed by atoms with Gasteiger partial charge >= 0.3 is 0 Å². The number of sulfone groups is 1. The zero-order chi connectivity index (χ0) is 14.8. The molecule has 0 atom stereocenters. The summed E-state index contributed by atoms with van der Waals surface area (Å²) in [5.41, 5.74) is 1.08. The fraction of sp³-hybridized carbons (Fsp3) is 0.400. The number of pyridine rings is 1. The lowest BCUT2D eigenvalue weighted by Crippen LogP contribution is -2.41. The van der Waals surface area contributed by atoms with Gasteiger partial charge < -0.3 is 5.32 Å². The Balaban J connectivity index is 2.11. The Morgan fingerprint density at radius 3 is 2.60 bits per heavy atom. The highest BCUT2D eigenvalue weighted by atomic mass is 32.2. The summed E-state index contributed by atoms with van der Waals surface area (Å²) in [5, 5.41) is 5.46. The maximum absolute atomic E-state index is 11.7. The van der Waals surface area contributed by atoms with E-state index >= 15 is 0 Å². The first-order valence-corrected chi connectivity index (χ1v) is 8.42. The van der Waals surface area contributed by atoms with Crippen molar-refractivity contribution < 1.29 is 8.42 Å². The molecule has 2 rings (SSSR count). The molecule has 1 N–H and O–H groups in total. The molecule has 0 fully saturated rings. The number of hydrogen-bond acceptors (Lipinski definition) is 4. The van der Waals surface area contributed by atoms with Gasteiger partial charge in [-0.15, -0.1) is 0 Å². The van der Waals surface area contributed by atoms with Crippen LogP contribution in [0, 0.1) is 0 Å². The summed E-state index contributed by atoms with van der Waals surface area (Å²) < 4.78 is 22.5. The van der Waals surface area contributed by atoms with Gasteiger partial charge in [-0.05, 0) is 24.8 Å². The van der Waals surface area contributed by atoms with Crippen LogP contribution in [0.5, 0.6) is 0 Å². The van der Waals surface area contributed by atoms with E-state index < -0.39 is 14.6 Å². The predicted molar refractivity (Wildman–Crippen MR) is 82.4 cm³/mol. The molecule has 1 aromatic carbocycles. The monoisotopic (exact) mass is 292 g/mol. The summed E-state index contributed by atoms with van der Waals surface area (Å²) in [5.74, 6) is 0. The molecule has 0 aliphatic carbocycles. The van der Waals surface area contributed by atoms with Crippen LogP contribution in [0.4, 0.5) is 0 Å². The van der Waals surface area contributed by atoms with Gasteiger partial charge in [-0.25, -0.2) is 8.42 Å². The zero-order valence-corrected chi connectivity index (χ0v) is 12.9. The summed E-state index contributed by atoms with van der Waals surface area (Å²) in [6, 6.07) is 8.04. The molecule has 5 heteroatoms. The van der Waals surface area contributed by atoms with Crippen molar-refractivity contribution in [1.82, 2.24) is 10.3 Å². The molecule has 4 nitrogen and oxygen atoms in total. The smallest absolute Gasteiger partial charge is 0.153 e.